The molecule has 0 bridgehead atoms. The number of nitro groups is 1. The van der Waals surface area contributed by atoms with E-state index in [1.165, 1.54) is 23.9 Å². The zero-order chi connectivity index (χ0) is 18.0. The second-order valence-electron chi connectivity index (χ2n) is 4.05. The Kier molecular flexibility index (Phi) is 9.91. The van der Waals surface area contributed by atoms with Gasteiger partial charge in [-0.2, -0.15) is 0 Å². The average molecular weight is 386 g/mol. The predicted octanol–water partition coefficient (Wildman–Crippen LogP) is -2.03. The van der Waals surface area contributed by atoms with Crippen molar-refractivity contribution in [3.8, 4) is 0 Å². The van der Waals surface area contributed by atoms with E-state index in [0.29, 0.717) is 10.3 Å². The minimum atomic E-state index is -4.94. The van der Waals surface area contributed by atoms with Gasteiger partial charge >= 0.3 is 0 Å². The number of nitrogens with zero attached hydrogens (tertiary/aromatic N) is 3. The molecule has 23 heavy (non-hydrogen) atoms. The lowest BCUT2D eigenvalue weighted by Gasteiger charge is -2.17. The lowest BCUT2D eigenvalue weighted by molar-refractivity contribution is -2.00. The normalized spacial score (nSPS) is 11.3. The monoisotopic (exact) mass is 385 g/mol. The number of thioether (sulfide) groups is 1. The maximum absolute atomic E-state index is 10.5. The van der Waals surface area contributed by atoms with Crippen molar-refractivity contribution in [3.05, 3.63) is 39.9 Å². The van der Waals surface area contributed by atoms with E-state index in [9.17, 15) is 10.1 Å². The molecule has 0 atom stereocenters. The molecule has 9 nitrogen and oxygen atoms in total. The first-order valence-corrected chi connectivity index (χ1v) is 8.30. The largest absolute Gasteiger partial charge is 0.283 e. The zero-order valence-electron chi connectivity index (χ0n) is 12.0. The van der Waals surface area contributed by atoms with E-state index in [0.717, 1.165) is 5.56 Å². The minimum absolute atomic E-state index is 0.0875. The van der Waals surface area contributed by atoms with Crippen LogP contribution < -0.4 is 18.6 Å². The van der Waals surface area contributed by atoms with Crippen LogP contribution in [0.3, 0.4) is 0 Å². The summed E-state index contributed by atoms with van der Waals surface area (Å²) in [7, 11) is -1.23. The Labute approximate surface area is 143 Å². The summed E-state index contributed by atoms with van der Waals surface area (Å²) in [4.78, 5) is 14.1. The summed E-state index contributed by atoms with van der Waals surface area (Å²) in [6.45, 7) is 0. The van der Waals surface area contributed by atoms with Gasteiger partial charge in [0.25, 0.3) is 16.5 Å². The van der Waals surface area contributed by atoms with E-state index in [1.54, 1.807) is 23.0 Å². The Morgan fingerprint density at radius 2 is 1.74 bits per heavy atom. The summed E-state index contributed by atoms with van der Waals surface area (Å²) < 4.78 is 36.2. The number of hydrogen-bond donors (Lipinski definition) is 0. The van der Waals surface area contributed by atoms with Gasteiger partial charge in [-0.3, -0.25) is 14.7 Å². The van der Waals surface area contributed by atoms with Crippen LogP contribution in [-0.4, -0.2) is 34.4 Å². The van der Waals surface area contributed by atoms with Gasteiger partial charge in [0.2, 0.25) is 0 Å². The van der Waals surface area contributed by atoms with Crippen LogP contribution in [0.1, 0.15) is 5.56 Å². The molecule has 0 amide bonds. The standard InChI is InChI=1S/C11H13ClN3O2S.ClHO4/c1-14(2)8-13-11(12)18-7-9-3-5-10(6-4-9)15(16)17;2-1(3,4)5/h3-6,8H,7H2,1-2H3;(H,2,3,4,5)/q+1;/p-1. The van der Waals surface area contributed by atoms with Crippen molar-refractivity contribution in [1.29, 1.82) is 0 Å². The van der Waals surface area contributed by atoms with E-state index < -0.39 is 15.2 Å². The summed E-state index contributed by atoms with van der Waals surface area (Å²) in [5.41, 5.74) is 1.05. The van der Waals surface area contributed by atoms with Crippen LogP contribution in [0.25, 0.3) is 0 Å². The van der Waals surface area contributed by atoms with Crippen LogP contribution in [0.4, 0.5) is 5.69 Å². The summed E-state index contributed by atoms with van der Waals surface area (Å²) in [6.07, 6.45) is 1.62. The first-order chi connectivity index (χ1) is 10.5. The van der Waals surface area contributed by atoms with Gasteiger partial charge < -0.3 is 0 Å². The maximum Gasteiger partial charge on any atom is 0.283 e. The van der Waals surface area contributed by atoms with Gasteiger partial charge in [-0.05, 0) is 22.2 Å². The first kappa shape index (κ1) is 21.7. The van der Waals surface area contributed by atoms with Crippen LogP contribution in [0.15, 0.2) is 29.3 Å². The number of hydrogen-bond acceptors (Lipinski definition) is 7. The Morgan fingerprint density at radius 1 is 1.26 bits per heavy atom. The van der Waals surface area contributed by atoms with Gasteiger partial charge in [0.1, 0.15) is 0 Å². The van der Waals surface area contributed by atoms with Crippen molar-refractivity contribution in [3.63, 3.8) is 0 Å². The molecule has 0 aliphatic carbocycles. The summed E-state index contributed by atoms with van der Waals surface area (Å²) >= 11 is 7.28. The van der Waals surface area contributed by atoms with Crippen LogP contribution >= 0.6 is 23.4 Å². The minimum Gasteiger partial charge on any atom is -0.270 e. The van der Waals surface area contributed by atoms with Crippen molar-refractivity contribution in [2.45, 2.75) is 5.75 Å². The highest BCUT2D eigenvalue weighted by Gasteiger charge is 2.06. The van der Waals surface area contributed by atoms with Gasteiger partial charge in [-0.1, -0.05) is 23.9 Å². The molecular formula is C11H13Cl2N3O6S. The molecule has 1 aromatic rings. The molecule has 0 radical (unpaired) electrons. The van der Waals surface area contributed by atoms with E-state index in [-0.39, 0.29) is 5.69 Å². The highest BCUT2D eigenvalue weighted by molar-refractivity contribution is 8.16. The third kappa shape index (κ3) is 14.1. The Bertz CT molecular complexity index is 564. The summed E-state index contributed by atoms with van der Waals surface area (Å²) in [5, 5.41) is 10.5. The van der Waals surface area contributed by atoms with Gasteiger partial charge in [-0.25, -0.2) is 18.6 Å². The number of rotatable bonds is 4. The smallest absolute Gasteiger partial charge is 0.270 e. The number of aliphatic imine (C=N–C) groups is 1. The van der Waals surface area contributed by atoms with Gasteiger partial charge in [-0.15, -0.1) is 10.2 Å². The van der Waals surface area contributed by atoms with Gasteiger partial charge in [0.15, 0.2) is 0 Å². The summed E-state index contributed by atoms with van der Waals surface area (Å²) in [5.74, 6) is 0.627. The molecule has 1 rings (SSSR count). The van der Waals surface area contributed by atoms with Crippen molar-refractivity contribution in [2.24, 2.45) is 4.99 Å². The summed E-state index contributed by atoms with van der Waals surface area (Å²) in [6, 6.07) is 6.38. The quantitative estimate of drug-likeness (QED) is 0.190. The third-order valence-corrected chi connectivity index (χ3v) is 3.14. The van der Waals surface area contributed by atoms with Crippen LogP contribution in [0.5, 0.6) is 0 Å². The Hall–Kier alpha value is -1.27. The molecule has 0 saturated heterocycles. The first-order valence-electron chi connectivity index (χ1n) is 5.70. The van der Waals surface area contributed by atoms with Gasteiger partial charge in [0, 0.05) is 17.9 Å². The van der Waals surface area contributed by atoms with E-state index >= 15 is 0 Å². The lowest BCUT2D eigenvalue weighted by Crippen LogP contribution is -2.68. The fourth-order valence-electron chi connectivity index (χ4n) is 1.05. The molecule has 0 unspecified atom stereocenters. The van der Waals surface area contributed by atoms with E-state index in [2.05, 4.69) is 4.99 Å². The van der Waals surface area contributed by atoms with Crippen molar-refractivity contribution >= 4 is 39.9 Å². The van der Waals surface area contributed by atoms with Crippen molar-refractivity contribution in [2.75, 3.05) is 14.1 Å². The average Bonchev–Trinajstić information content (AvgIpc) is 2.41. The highest BCUT2D eigenvalue weighted by atomic mass is 35.7. The van der Waals surface area contributed by atoms with Gasteiger partial charge in [0.05, 0.1) is 19.0 Å². The second kappa shape index (κ2) is 10.5. The van der Waals surface area contributed by atoms with Crippen molar-refractivity contribution < 1.29 is 38.4 Å². The number of halogens is 2. The molecule has 0 aromatic heterocycles. The Morgan fingerprint density at radius 3 is 2.13 bits per heavy atom. The molecule has 128 valence electrons. The zero-order valence-corrected chi connectivity index (χ0v) is 14.4. The molecule has 0 N–H and O–H groups in total. The Balaban J connectivity index is 0.000000841. The van der Waals surface area contributed by atoms with E-state index in [4.69, 9.17) is 30.2 Å². The topological polar surface area (TPSA) is 151 Å². The molecular weight excluding hydrogens is 373 g/mol. The highest BCUT2D eigenvalue weighted by Crippen LogP contribution is 2.18. The maximum atomic E-state index is 10.5. The molecule has 0 aliphatic heterocycles. The molecule has 0 heterocycles. The number of non-ortho nitro benzene ring substituents is 1. The van der Waals surface area contributed by atoms with Crippen LogP contribution in [0.2, 0.25) is 0 Å². The van der Waals surface area contributed by atoms with Crippen molar-refractivity contribution in [1.82, 2.24) is 0 Å². The number of benzene rings is 1. The molecule has 12 heteroatoms. The third-order valence-electron chi connectivity index (χ3n) is 1.90. The molecule has 0 fully saturated rings. The lowest BCUT2D eigenvalue weighted by atomic mass is 10.2. The molecule has 0 saturated carbocycles. The number of nitro benzene ring substituents is 1. The fraction of sp³-hybridized carbons (Fsp3) is 0.273. The fourth-order valence-corrected chi connectivity index (χ4v) is 1.86. The SMILES string of the molecule is C[N+](C)=CN=C(Cl)SCc1ccc([N+](=O)[O-])cc1.[O-][Cl+3]([O-])([O-])[O-]. The second-order valence-corrected chi connectivity index (χ2v) is 6.35. The van der Waals surface area contributed by atoms with Crippen LogP contribution in [0, 0.1) is 20.4 Å². The predicted molar refractivity (Wildman–Crippen MR) is 75.9 cm³/mol. The molecule has 0 aliphatic rings. The molecule has 0 spiro atoms. The van der Waals surface area contributed by atoms with E-state index in [1.807, 2.05) is 14.1 Å². The van der Waals surface area contributed by atoms with Crippen LogP contribution in [-0.2, 0) is 5.75 Å². The molecule has 1 aromatic carbocycles.